The van der Waals surface area contributed by atoms with Gasteiger partial charge in [-0.3, -0.25) is 0 Å². The molecule has 0 aromatic heterocycles. The van der Waals surface area contributed by atoms with Crippen LogP contribution in [-0.2, 0) is 26.6 Å². The molecule has 58 heavy (non-hydrogen) atoms. The maximum Gasteiger partial charge on any atom is 0.416 e. The van der Waals surface area contributed by atoms with Gasteiger partial charge in [0.2, 0.25) is 5.96 Å². The number of rotatable bonds is 9. The van der Waals surface area contributed by atoms with E-state index in [2.05, 4.69) is 34.7 Å². The molecular formula is C37H46F6N4O11. The monoisotopic (exact) mass is 836 g/mol. The molecule has 3 aliphatic heterocycles. The minimum Gasteiger partial charge on any atom is -0.394 e. The number of nitrogens with zero attached hydrogens (tertiary/aromatic N) is 2. The second-order valence-corrected chi connectivity index (χ2v) is 14.3. The van der Waals surface area contributed by atoms with Gasteiger partial charge in [-0.25, -0.2) is 0 Å². The van der Waals surface area contributed by atoms with Crippen LogP contribution in [0.15, 0.2) is 70.9 Å². The molecule has 3 aliphatic rings. The largest absolute Gasteiger partial charge is 0.416 e. The highest BCUT2D eigenvalue weighted by Gasteiger charge is 2.50. The number of hydrogen-bond donors (Lipinski definition) is 10. The van der Waals surface area contributed by atoms with Crippen molar-refractivity contribution in [2.45, 2.75) is 87.6 Å². The van der Waals surface area contributed by atoms with Crippen LogP contribution >= 0.6 is 0 Å². The Hall–Kier alpha value is -4.00. The van der Waals surface area contributed by atoms with Crippen molar-refractivity contribution < 1.29 is 81.4 Å². The third-order valence-electron chi connectivity index (χ3n) is 9.08. The zero-order valence-corrected chi connectivity index (χ0v) is 31.0. The standard InChI is InChI=1S/C25H24F6N4.C12H22O11/c1-23(2)15-32-22(33-16-23)35-34-21(13-7-17-3-9-19(10-4-17)24(26,27)28)14-8-18-5-11-20(12-6-18)25(29,30)31;13-1-3-5(15)6(16)9(19)12(22-3)23-10-4(2-14)21-11(20)8(18)7(10)17/h3-14H,15-16H2,1-2H3,(H2,32,33,35);3-20H,1-2H2/b13-7+,14-8+;/t;3-,4-,5-,6+,7-,8-,9-,10-,11-,12-/m.1/s1. The fourth-order valence-corrected chi connectivity index (χ4v) is 5.57. The average molecular weight is 837 g/mol. The highest BCUT2D eigenvalue weighted by molar-refractivity contribution is 6.08. The van der Waals surface area contributed by atoms with E-state index in [-0.39, 0.29) is 5.41 Å². The van der Waals surface area contributed by atoms with Crippen molar-refractivity contribution in [3.63, 3.8) is 0 Å². The minimum absolute atomic E-state index is 0.0382. The molecule has 15 nitrogen and oxygen atoms in total. The number of halogens is 6. The number of alkyl halides is 6. The molecule has 322 valence electrons. The smallest absolute Gasteiger partial charge is 0.394 e. The van der Waals surface area contributed by atoms with Crippen molar-refractivity contribution in [1.82, 2.24) is 10.6 Å². The first-order chi connectivity index (χ1) is 27.1. The lowest BCUT2D eigenvalue weighted by Gasteiger charge is -2.45. The van der Waals surface area contributed by atoms with E-state index in [4.69, 9.17) is 19.3 Å². The first-order valence-electron chi connectivity index (χ1n) is 17.7. The Morgan fingerprint density at radius 3 is 1.64 bits per heavy atom. The van der Waals surface area contributed by atoms with Crippen LogP contribution in [0.1, 0.15) is 36.1 Å². The highest BCUT2D eigenvalue weighted by atomic mass is 19.4. The Bertz CT molecular complexity index is 1660. The number of allylic oxidation sites excluding steroid dienone is 2. The minimum atomic E-state index is -4.43. The fourth-order valence-electron chi connectivity index (χ4n) is 5.57. The van der Waals surface area contributed by atoms with Crippen LogP contribution in [0.4, 0.5) is 26.3 Å². The van der Waals surface area contributed by atoms with Gasteiger partial charge in [0.15, 0.2) is 12.6 Å². The van der Waals surface area contributed by atoms with Gasteiger partial charge in [0.05, 0.1) is 30.1 Å². The summed E-state index contributed by atoms with van der Waals surface area (Å²) in [5, 5.41) is 91.1. The van der Waals surface area contributed by atoms with Gasteiger partial charge >= 0.3 is 12.4 Å². The first-order valence-corrected chi connectivity index (χ1v) is 17.7. The second kappa shape index (κ2) is 19.8. The van der Waals surface area contributed by atoms with Crippen molar-refractivity contribution in [2.75, 3.05) is 26.3 Å². The number of aliphatic hydroxyl groups is 8. The number of benzene rings is 2. The summed E-state index contributed by atoms with van der Waals surface area (Å²) in [4.78, 5) is 0. The Morgan fingerprint density at radius 2 is 1.19 bits per heavy atom. The molecule has 0 amide bonds. The van der Waals surface area contributed by atoms with E-state index in [1.165, 1.54) is 24.3 Å². The van der Waals surface area contributed by atoms with Crippen molar-refractivity contribution in [3.05, 3.63) is 82.9 Å². The molecule has 0 radical (unpaired) electrons. The number of nitrogens with one attached hydrogen (secondary N) is 2. The van der Waals surface area contributed by atoms with Gasteiger partial charge in [-0.15, -0.1) is 10.2 Å². The Kier molecular flexibility index (Phi) is 16.0. The van der Waals surface area contributed by atoms with Crippen LogP contribution in [0.25, 0.3) is 12.2 Å². The van der Waals surface area contributed by atoms with E-state index in [9.17, 15) is 62.1 Å². The topological polar surface area (TPSA) is 238 Å². The third-order valence-corrected chi connectivity index (χ3v) is 9.08. The summed E-state index contributed by atoms with van der Waals surface area (Å²) in [6.07, 6.45) is -18.2. The SMILES string of the molecule is CC1(C)CNC(=NN=C(/C=C/c2ccc(C(F)(F)F)cc2)/C=C/c2ccc(C(F)(F)F)cc2)NC1.OC[C@H]1O[C@H](O[C@H]2[C@H](O)[C@@H](O)[C@H](O)O[C@@H]2CO)[C@H](O)[C@@H](O)[C@@H]1O. The third kappa shape index (κ3) is 12.7. The van der Waals surface area contributed by atoms with Crippen LogP contribution in [-0.4, -0.2) is 140 Å². The van der Waals surface area contributed by atoms with E-state index in [0.717, 1.165) is 24.3 Å². The number of aliphatic hydroxyl groups excluding tert-OH is 8. The van der Waals surface area contributed by atoms with E-state index in [1.54, 1.807) is 24.3 Å². The van der Waals surface area contributed by atoms with Crippen LogP contribution in [0, 0.1) is 5.41 Å². The number of guanidine groups is 1. The number of hydrogen-bond acceptors (Lipinski definition) is 13. The van der Waals surface area contributed by atoms with Gasteiger partial charge < -0.3 is 65.7 Å². The summed E-state index contributed by atoms with van der Waals surface area (Å²) >= 11 is 0. The van der Waals surface area contributed by atoms with E-state index >= 15 is 0 Å². The normalized spacial score (nSPS) is 30.2. The van der Waals surface area contributed by atoms with Crippen LogP contribution in [0.5, 0.6) is 0 Å². The predicted octanol–water partition coefficient (Wildman–Crippen LogP) is 0.985. The van der Waals surface area contributed by atoms with Crippen molar-refractivity contribution in [2.24, 2.45) is 15.6 Å². The summed E-state index contributed by atoms with van der Waals surface area (Å²) in [7, 11) is 0. The van der Waals surface area contributed by atoms with Gasteiger partial charge in [-0.2, -0.15) is 26.3 Å². The lowest BCUT2D eigenvalue weighted by atomic mass is 9.92. The zero-order chi connectivity index (χ0) is 43.0. The summed E-state index contributed by atoms with van der Waals surface area (Å²) in [6, 6.07) is 9.23. The molecule has 2 aromatic carbocycles. The molecule has 3 heterocycles. The molecule has 10 atom stereocenters. The molecule has 0 bridgehead atoms. The molecule has 21 heteroatoms. The molecule has 0 aliphatic carbocycles. The molecule has 2 aromatic rings. The molecule has 5 rings (SSSR count). The van der Waals surface area contributed by atoms with Gasteiger partial charge in [-0.1, -0.05) is 50.3 Å². The zero-order valence-electron chi connectivity index (χ0n) is 31.0. The molecule has 0 saturated carbocycles. The Labute approximate surface area is 328 Å². The van der Waals surface area contributed by atoms with Crippen LogP contribution in [0.3, 0.4) is 0 Å². The van der Waals surface area contributed by atoms with Crippen molar-refractivity contribution >= 4 is 23.8 Å². The Balaban J connectivity index is 0.000000280. The molecule has 0 spiro atoms. The lowest BCUT2D eigenvalue weighted by Crippen LogP contribution is -2.64. The van der Waals surface area contributed by atoms with E-state index in [0.29, 0.717) is 35.9 Å². The maximum atomic E-state index is 12.8. The number of ether oxygens (including phenoxy) is 3. The Morgan fingerprint density at radius 1 is 0.707 bits per heavy atom. The summed E-state index contributed by atoms with van der Waals surface area (Å²) in [6.45, 7) is 4.19. The van der Waals surface area contributed by atoms with Crippen LogP contribution < -0.4 is 10.6 Å². The second-order valence-electron chi connectivity index (χ2n) is 14.3. The lowest BCUT2D eigenvalue weighted by molar-refractivity contribution is -0.355. The van der Waals surface area contributed by atoms with Gasteiger partial charge in [0.25, 0.3) is 0 Å². The van der Waals surface area contributed by atoms with E-state index < -0.39 is 98.1 Å². The molecule has 3 fully saturated rings. The summed E-state index contributed by atoms with van der Waals surface area (Å²) < 4.78 is 91.9. The van der Waals surface area contributed by atoms with Gasteiger partial charge in [0, 0.05) is 13.1 Å². The summed E-state index contributed by atoms with van der Waals surface area (Å²) in [5.74, 6) is 0.465. The fraction of sp³-hybridized carbons (Fsp3) is 0.514. The van der Waals surface area contributed by atoms with Crippen molar-refractivity contribution in [3.8, 4) is 0 Å². The molecular weight excluding hydrogens is 790 g/mol. The first kappa shape index (κ1) is 46.7. The molecule has 0 unspecified atom stereocenters. The van der Waals surface area contributed by atoms with Gasteiger partial charge in [-0.05, 0) is 53.0 Å². The summed E-state index contributed by atoms with van der Waals surface area (Å²) in [5.41, 5.74) is -0.111. The van der Waals surface area contributed by atoms with Crippen molar-refractivity contribution in [1.29, 1.82) is 0 Å². The molecule has 3 saturated heterocycles. The van der Waals surface area contributed by atoms with Crippen LogP contribution in [0.2, 0.25) is 0 Å². The highest BCUT2D eigenvalue weighted by Crippen LogP contribution is 2.31. The quantitative estimate of drug-likeness (QED) is 0.0965. The average Bonchev–Trinajstić information content (AvgIpc) is 3.18. The van der Waals surface area contributed by atoms with Gasteiger partial charge in [0.1, 0.15) is 48.8 Å². The predicted molar refractivity (Wildman–Crippen MR) is 194 cm³/mol. The van der Waals surface area contributed by atoms with E-state index in [1.807, 2.05) is 0 Å². The molecule has 10 N–H and O–H groups in total. The maximum absolute atomic E-state index is 12.8.